The topological polar surface area (TPSA) is 30.0 Å². The standard InChI is InChI=1S/C12H6Cl3NO/c13-8-2-1-3-9(14)12(8)10-4-7(6-17)5-11(15)16-10/h1-6H. The summed E-state index contributed by atoms with van der Waals surface area (Å²) in [6, 6.07) is 8.20. The molecule has 86 valence electrons. The molecule has 0 atom stereocenters. The number of hydrogen-bond acceptors (Lipinski definition) is 2. The van der Waals surface area contributed by atoms with Crippen LogP contribution in [0, 0.1) is 0 Å². The number of carbonyl (C=O) groups excluding carboxylic acids is 1. The van der Waals surface area contributed by atoms with Gasteiger partial charge in [-0.1, -0.05) is 40.9 Å². The summed E-state index contributed by atoms with van der Waals surface area (Å²) in [5, 5.41) is 1.15. The van der Waals surface area contributed by atoms with Crippen molar-refractivity contribution in [2.75, 3.05) is 0 Å². The van der Waals surface area contributed by atoms with Gasteiger partial charge >= 0.3 is 0 Å². The SMILES string of the molecule is O=Cc1cc(Cl)nc(-c2c(Cl)cccc2Cl)c1. The second kappa shape index (κ2) is 5.05. The van der Waals surface area contributed by atoms with Crippen LogP contribution in [-0.2, 0) is 0 Å². The first kappa shape index (κ1) is 12.4. The Morgan fingerprint density at radius 3 is 2.29 bits per heavy atom. The van der Waals surface area contributed by atoms with E-state index in [1.54, 1.807) is 24.3 Å². The van der Waals surface area contributed by atoms with Gasteiger partial charge in [0.1, 0.15) is 11.4 Å². The molecule has 1 heterocycles. The number of benzene rings is 1. The van der Waals surface area contributed by atoms with Crippen LogP contribution < -0.4 is 0 Å². The number of nitrogens with zero attached hydrogens (tertiary/aromatic N) is 1. The van der Waals surface area contributed by atoms with E-state index in [2.05, 4.69) is 4.98 Å². The fraction of sp³-hybridized carbons (Fsp3) is 0. The zero-order valence-corrected chi connectivity index (χ0v) is 10.7. The molecule has 1 aromatic heterocycles. The summed E-state index contributed by atoms with van der Waals surface area (Å²) >= 11 is 17.9. The Balaban J connectivity index is 2.68. The van der Waals surface area contributed by atoms with Crippen molar-refractivity contribution < 1.29 is 4.79 Å². The van der Waals surface area contributed by atoms with Crippen LogP contribution in [0.5, 0.6) is 0 Å². The highest BCUT2D eigenvalue weighted by Crippen LogP contribution is 2.34. The van der Waals surface area contributed by atoms with Crippen LogP contribution in [0.3, 0.4) is 0 Å². The van der Waals surface area contributed by atoms with Crippen LogP contribution in [0.2, 0.25) is 15.2 Å². The lowest BCUT2D eigenvalue weighted by atomic mass is 10.1. The van der Waals surface area contributed by atoms with Gasteiger partial charge in [-0.05, 0) is 24.3 Å². The first-order valence-electron chi connectivity index (χ1n) is 4.69. The Morgan fingerprint density at radius 2 is 1.71 bits per heavy atom. The molecule has 0 spiro atoms. The van der Waals surface area contributed by atoms with Gasteiger partial charge in [-0.15, -0.1) is 0 Å². The zero-order chi connectivity index (χ0) is 12.4. The molecule has 0 saturated carbocycles. The van der Waals surface area contributed by atoms with Gasteiger partial charge in [-0.2, -0.15) is 0 Å². The molecule has 0 saturated heterocycles. The third-order valence-corrected chi connectivity index (χ3v) is 2.99. The largest absolute Gasteiger partial charge is 0.298 e. The minimum absolute atomic E-state index is 0.223. The number of aromatic nitrogens is 1. The van der Waals surface area contributed by atoms with E-state index in [4.69, 9.17) is 34.8 Å². The fourth-order valence-corrected chi connectivity index (χ4v) is 2.26. The van der Waals surface area contributed by atoms with Gasteiger partial charge < -0.3 is 0 Å². The van der Waals surface area contributed by atoms with E-state index in [9.17, 15) is 4.79 Å². The molecule has 2 aromatic rings. The van der Waals surface area contributed by atoms with Crippen LogP contribution in [0.25, 0.3) is 11.3 Å². The van der Waals surface area contributed by atoms with E-state index in [-0.39, 0.29) is 5.15 Å². The molecular weight excluding hydrogens is 280 g/mol. The van der Waals surface area contributed by atoms with Gasteiger partial charge in [-0.25, -0.2) is 4.98 Å². The summed E-state index contributed by atoms with van der Waals surface area (Å²) in [4.78, 5) is 14.9. The van der Waals surface area contributed by atoms with E-state index in [1.807, 2.05) is 0 Å². The monoisotopic (exact) mass is 285 g/mol. The number of pyridine rings is 1. The fourth-order valence-electron chi connectivity index (χ4n) is 1.46. The van der Waals surface area contributed by atoms with E-state index >= 15 is 0 Å². The van der Waals surface area contributed by atoms with Gasteiger partial charge in [0.15, 0.2) is 0 Å². The van der Waals surface area contributed by atoms with Crippen molar-refractivity contribution in [1.82, 2.24) is 4.98 Å². The molecule has 0 radical (unpaired) electrons. The summed E-state index contributed by atoms with van der Waals surface area (Å²) < 4.78 is 0. The van der Waals surface area contributed by atoms with Crippen LogP contribution in [0.15, 0.2) is 30.3 Å². The Morgan fingerprint density at radius 1 is 1.06 bits per heavy atom. The Labute approximate surface area is 113 Å². The normalized spacial score (nSPS) is 10.3. The Hall–Kier alpha value is -1.09. The second-order valence-corrected chi connectivity index (χ2v) is 4.52. The third kappa shape index (κ3) is 2.60. The zero-order valence-electron chi connectivity index (χ0n) is 8.45. The van der Waals surface area contributed by atoms with E-state index in [0.29, 0.717) is 33.2 Å². The lowest BCUT2D eigenvalue weighted by molar-refractivity contribution is 0.112. The predicted molar refractivity (Wildman–Crippen MR) is 70.1 cm³/mol. The molecule has 0 bridgehead atoms. The predicted octanol–water partition coefficient (Wildman–Crippen LogP) is 4.52. The number of halogens is 3. The summed E-state index contributed by atoms with van der Waals surface area (Å²) in [5.74, 6) is 0. The maximum absolute atomic E-state index is 10.8. The highest BCUT2D eigenvalue weighted by Gasteiger charge is 2.11. The van der Waals surface area contributed by atoms with Crippen LogP contribution in [0.1, 0.15) is 10.4 Å². The summed E-state index contributed by atoms with van der Waals surface area (Å²) in [6.45, 7) is 0. The van der Waals surface area contributed by atoms with Gasteiger partial charge in [0.2, 0.25) is 0 Å². The molecule has 0 fully saturated rings. The summed E-state index contributed by atoms with van der Waals surface area (Å²) in [5.41, 5.74) is 1.48. The summed E-state index contributed by atoms with van der Waals surface area (Å²) in [6.07, 6.45) is 0.696. The van der Waals surface area contributed by atoms with Crippen molar-refractivity contribution in [3.8, 4) is 11.3 Å². The lowest BCUT2D eigenvalue weighted by Gasteiger charge is -2.07. The number of carbonyl (C=O) groups is 1. The highest BCUT2D eigenvalue weighted by molar-refractivity contribution is 6.39. The maximum Gasteiger partial charge on any atom is 0.150 e. The minimum Gasteiger partial charge on any atom is -0.298 e. The first-order chi connectivity index (χ1) is 8.11. The molecule has 17 heavy (non-hydrogen) atoms. The maximum atomic E-state index is 10.8. The smallest absolute Gasteiger partial charge is 0.150 e. The van der Waals surface area contributed by atoms with Gasteiger partial charge in [0.25, 0.3) is 0 Å². The third-order valence-electron chi connectivity index (χ3n) is 2.17. The average Bonchev–Trinajstić information content (AvgIpc) is 2.28. The van der Waals surface area contributed by atoms with Gasteiger partial charge in [-0.3, -0.25) is 4.79 Å². The van der Waals surface area contributed by atoms with Gasteiger partial charge in [0.05, 0.1) is 15.7 Å². The van der Waals surface area contributed by atoms with Crippen molar-refractivity contribution >= 4 is 41.1 Å². The van der Waals surface area contributed by atoms with E-state index in [1.165, 1.54) is 6.07 Å². The van der Waals surface area contributed by atoms with Crippen LogP contribution in [0.4, 0.5) is 0 Å². The number of rotatable bonds is 2. The van der Waals surface area contributed by atoms with Crippen LogP contribution >= 0.6 is 34.8 Å². The summed E-state index contributed by atoms with van der Waals surface area (Å²) in [7, 11) is 0. The molecule has 0 unspecified atom stereocenters. The molecule has 0 aliphatic carbocycles. The van der Waals surface area contributed by atoms with Crippen molar-refractivity contribution in [3.05, 3.63) is 51.1 Å². The molecule has 0 N–H and O–H groups in total. The Kier molecular flexibility index (Phi) is 3.67. The second-order valence-electron chi connectivity index (χ2n) is 3.32. The van der Waals surface area contributed by atoms with E-state index < -0.39 is 0 Å². The van der Waals surface area contributed by atoms with Crippen LogP contribution in [-0.4, -0.2) is 11.3 Å². The molecular formula is C12H6Cl3NO. The Bertz CT molecular complexity index is 564. The van der Waals surface area contributed by atoms with Crippen molar-refractivity contribution in [2.45, 2.75) is 0 Å². The molecule has 5 heteroatoms. The number of hydrogen-bond donors (Lipinski definition) is 0. The average molecular weight is 287 g/mol. The highest BCUT2D eigenvalue weighted by atomic mass is 35.5. The molecule has 1 aromatic carbocycles. The van der Waals surface area contributed by atoms with Crippen molar-refractivity contribution in [2.24, 2.45) is 0 Å². The quantitative estimate of drug-likeness (QED) is 0.600. The van der Waals surface area contributed by atoms with Gasteiger partial charge in [0, 0.05) is 11.1 Å². The molecule has 0 aliphatic heterocycles. The molecule has 0 amide bonds. The van der Waals surface area contributed by atoms with Crippen molar-refractivity contribution in [1.29, 1.82) is 0 Å². The molecule has 2 nitrogen and oxygen atoms in total. The lowest BCUT2D eigenvalue weighted by Crippen LogP contribution is -1.90. The number of aldehydes is 1. The first-order valence-corrected chi connectivity index (χ1v) is 5.82. The van der Waals surface area contributed by atoms with E-state index in [0.717, 1.165) is 0 Å². The molecule has 2 rings (SSSR count). The van der Waals surface area contributed by atoms with Crippen molar-refractivity contribution in [3.63, 3.8) is 0 Å². The minimum atomic E-state index is 0.223. The molecule has 0 aliphatic rings.